The minimum absolute atomic E-state index is 0.0583. The fourth-order valence-corrected chi connectivity index (χ4v) is 6.28. The van der Waals surface area contributed by atoms with E-state index in [2.05, 4.69) is 27.6 Å². The number of unbranched alkanes of at least 4 members (excludes halogenated alkanes) is 10. The number of anilines is 3. The zero-order valence-corrected chi connectivity index (χ0v) is 27.8. The Morgan fingerprint density at radius 1 is 0.864 bits per heavy atom. The molecule has 0 fully saturated rings. The average molecular weight is 681 g/mol. The highest BCUT2D eigenvalue weighted by atomic mass is 35.5. The first-order chi connectivity index (χ1) is 21.3. The lowest BCUT2D eigenvalue weighted by molar-refractivity contribution is -0.119. The van der Waals surface area contributed by atoms with Crippen LogP contribution in [0.1, 0.15) is 90.0 Å². The lowest BCUT2D eigenvalue weighted by atomic mass is 10.1. The van der Waals surface area contributed by atoms with Crippen molar-refractivity contribution in [2.24, 2.45) is 5.10 Å². The average Bonchev–Trinajstić information content (AvgIpc) is 3.61. The van der Waals surface area contributed by atoms with Crippen molar-refractivity contribution in [3.05, 3.63) is 69.1 Å². The van der Waals surface area contributed by atoms with E-state index in [9.17, 15) is 9.59 Å². The third-order valence-corrected chi connectivity index (χ3v) is 8.57. The number of benzene rings is 2. The summed E-state index contributed by atoms with van der Waals surface area (Å²) in [5.41, 5.74) is 1.25. The monoisotopic (exact) mass is 678 g/mol. The molecule has 1 unspecified atom stereocenters. The SMILES string of the molecule is CCCCCCCCCCCCCC(=O)Nc1ccc(Cl)c(NC2=NN(c3c(Cl)cc(Cl)cc3Cl)C(=O)C2n2ccnc2)c1. The number of carbonyl (C=O) groups excluding carboxylic acids is 2. The molecule has 12 heteroatoms. The Balaban J connectivity index is 1.36. The number of imidazole rings is 1. The molecule has 0 spiro atoms. The van der Waals surface area contributed by atoms with E-state index in [4.69, 9.17) is 46.4 Å². The van der Waals surface area contributed by atoms with Gasteiger partial charge in [-0.25, -0.2) is 4.98 Å². The molecule has 8 nitrogen and oxygen atoms in total. The summed E-state index contributed by atoms with van der Waals surface area (Å²) in [5, 5.41) is 12.9. The van der Waals surface area contributed by atoms with Crippen LogP contribution >= 0.6 is 46.4 Å². The normalized spacial score (nSPS) is 14.7. The highest BCUT2D eigenvalue weighted by Gasteiger charge is 2.40. The number of amidine groups is 1. The van der Waals surface area contributed by atoms with Gasteiger partial charge in [0.1, 0.15) is 5.69 Å². The maximum atomic E-state index is 13.6. The second-order valence-corrected chi connectivity index (χ2v) is 12.6. The molecule has 1 aliphatic heterocycles. The van der Waals surface area contributed by atoms with Crippen LogP contribution in [0.3, 0.4) is 0 Å². The Labute approximate surface area is 279 Å². The van der Waals surface area contributed by atoms with Gasteiger partial charge in [-0.1, -0.05) is 118 Å². The third-order valence-electron chi connectivity index (χ3n) is 7.45. The molecule has 4 rings (SSSR count). The summed E-state index contributed by atoms with van der Waals surface area (Å²) in [6.07, 6.45) is 18.7. The van der Waals surface area contributed by atoms with E-state index >= 15 is 0 Å². The van der Waals surface area contributed by atoms with Gasteiger partial charge in [-0.15, -0.1) is 5.10 Å². The van der Waals surface area contributed by atoms with Crippen molar-refractivity contribution in [3.63, 3.8) is 0 Å². The van der Waals surface area contributed by atoms with Crippen molar-refractivity contribution in [3.8, 4) is 0 Å². The van der Waals surface area contributed by atoms with Crippen molar-refractivity contribution >= 4 is 81.1 Å². The van der Waals surface area contributed by atoms with Gasteiger partial charge in [-0.2, -0.15) is 5.01 Å². The smallest absolute Gasteiger partial charge is 0.278 e. The van der Waals surface area contributed by atoms with E-state index in [1.165, 1.54) is 69.8 Å². The summed E-state index contributed by atoms with van der Waals surface area (Å²) >= 11 is 25.4. The van der Waals surface area contributed by atoms with Crippen LogP contribution in [-0.4, -0.2) is 27.2 Å². The largest absolute Gasteiger partial charge is 0.339 e. The molecular formula is C32H38Cl4N6O2. The molecule has 0 saturated heterocycles. The number of hydrogen-bond acceptors (Lipinski definition) is 5. The van der Waals surface area contributed by atoms with E-state index in [-0.39, 0.29) is 27.5 Å². The van der Waals surface area contributed by atoms with Gasteiger partial charge in [-0.05, 0) is 36.8 Å². The molecule has 0 aliphatic carbocycles. The van der Waals surface area contributed by atoms with Gasteiger partial charge in [0.25, 0.3) is 5.91 Å². The minimum atomic E-state index is -0.893. The van der Waals surface area contributed by atoms with Crippen molar-refractivity contribution < 1.29 is 9.59 Å². The topological polar surface area (TPSA) is 91.6 Å². The van der Waals surface area contributed by atoms with Gasteiger partial charge in [0, 0.05) is 29.5 Å². The highest BCUT2D eigenvalue weighted by molar-refractivity contribution is 6.43. The van der Waals surface area contributed by atoms with Crippen LogP contribution in [0.15, 0.2) is 54.2 Å². The Kier molecular flexibility index (Phi) is 13.2. The fourth-order valence-electron chi connectivity index (χ4n) is 5.14. The first kappa shape index (κ1) is 34.1. The molecule has 2 aromatic carbocycles. The van der Waals surface area contributed by atoms with Gasteiger partial charge in [-0.3, -0.25) is 9.59 Å². The van der Waals surface area contributed by atoms with E-state index in [1.54, 1.807) is 35.2 Å². The molecule has 2 amide bonds. The number of hydrogen-bond donors (Lipinski definition) is 2. The molecule has 1 aliphatic rings. The van der Waals surface area contributed by atoms with Gasteiger partial charge < -0.3 is 15.2 Å². The fraction of sp³-hybridized carbons (Fsp3) is 0.438. The Morgan fingerprint density at radius 3 is 2.11 bits per heavy atom. The van der Waals surface area contributed by atoms with Gasteiger partial charge in [0.05, 0.1) is 27.1 Å². The number of halogens is 4. The third kappa shape index (κ3) is 9.36. The van der Waals surface area contributed by atoms with Crippen LogP contribution in [0, 0.1) is 0 Å². The van der Waals surface area contributed by atoms with E-state index in [0.29, 0.717) is 27.8 Å². The summed E-state index contributed by atoms with van der Waals surface area (Å²) < 4.78 is 1.61. The summed E-state index contributed by atoms with van der Waals surface area (Å²) in [7, 11) is 0. The number of amides is 2. The number of nitrogens with zero attached hydrogens (tertiary/aromatic N) is 4. The van der Waals surface area contributed by atoms with Gasteiger partial charge in [0.2, 0.25) is 5.91 Å². The standard InChI is InChI=1S/C32H38Cl4N6O2/c1-2-3-4-5-6-7-8-9-10-11-12-13-28(43)38-23-14-15-24(34)27(20-23)39-31-30(41-17-16-37-21-41)32(44)42(40-31)29-25(35)18-22(33)19-26(29)36/h14-21,30H,2-13H2,1H3,(H,38,43)(H,39,40). The summed E-state index contributed by atoms with van der Waals surface area (Å²) in [6, 6.07) is 7.21. The molecule has 2 N–H and O–H groups in total. The van der Waals surface area contributed by atoms with E-state index < -0.39 is 11.9 Å². The number of nitrogens with one attached hydrogen (secondary N) is 2. The molecule has 2 heterocycles. The maximum Gasteiger partial charge on any atom is 0.278 e. The zero-order chi connectivity index (χ0) is 31.5. The predicted octanol–water partition coefficient (Wildman–Crippen LogP) is 10.1. The van der Waals surface area contributed by atoms with Crippen LogP contribution in [0.2, 0.25) is 20.1 Å². The lowest BCUT2D eigenvalue weighted by Gasteiger charge is -2.18. The first-order valence-corrected chi connectivity index (χ1v) is 16.7. The van der Waals surface area contributed by atoms with Crippen LogP contribution < -0.4 is 15.6 Å². The van der Waals surface area contributed by atoms with Crippen LogP contribution in [0.25, 0.3) is 0 Å². The Morgan fingerprint density at radius 2 is 1.50 bits per heavy atom. The molecular weight excluding hydrogens is 642 g/mol. The number of hydrazone groups is 1. The predicted molar refractivity (Wildman–Crippen MR) is 182 cm³/mol. The second kappa shape index (κ2) is 17.1. The number of carbonyl (C=O) groups is 2. The number of rotatable bonds is 16. The molecule has 236 valence electrons. The molecule has 0 bridgehead atoms. The van der Waals surface area contributed by atoms with Crippen molar-refractivity contribution in [2.45, 2.75) is 90.0 Å². The quantitative estimate of drug-likeness (QED) is 0.147. The van der Waals surface area contributed by atoms with Gasteiger partial charge in [0.15, 0.2) is 11.9 Å². The maximum absolute atomic E-state index is 13.6. The number of aromatic nitrogens is 2. The van der Waals surface area contributed by atoms with Crippen LogP contribution in [0.5, 0.6) is 0 Å². The van der Waals surface area contributed by atoms with Crippen LogP contribution in [-0.2, 0) is 9.59 Å². The minimum Gasteiger partial charge on any atom is -0.339 e. The highest BCUT2D eigenvalue weighted by Crippen LogP contribution is 2.40. The summed E-state index contributed by atoms with van der Waals surface area (Å²) in [4.78, 5) is 30.4. The summed E-state index contributed by atoms with van der Waals surface area (Å²) in [6.45, 7) is 2.24. The second-order valence-electron chi connectivity index (χ2n) is 10.9. The molecule has 3 aromatic rings. The van der Waals surface area contributed by atoms with Crippen LogP contribution in [0.4, 0.5) is 17.1 Å². The van der Waals surface area contributed by atoms with E-state index in [0.717, 1.165) is 24.3 Å². The Hall–Kier alpha value is -2.78. The van der Waals surface area contributed by atoms with E-state index in [1.807, 2.05) is 0 Å². The first-order valence-electron chi connectivity index (χ1n) is 15.2. The molecule has 0 radical (unpaired) electrons. The summed E-state index contributed by atoms with van der Waals surface area (Å²) in [5.74, 6) is -0.206. The Bertz CT molecular complexity index is 1420. The van der Waals surface area contributed by atoms with Gasteiger partial charge >= 0.3 is 0 Å². The molecule has 1 aromatic heterocycles. The zero-order valence-electron chi connectivity index (χ0n) is 24.8. The van der Waals surface area contributed by atoms with Crippen molar-refractivity contribution in [1.29, 1.82) is 0 Å². The molecule has 0 saturated carbocycles. The molecule has 1 atom stereocenters. The van der Waals surface area contributed by atoms with Crippen molar-refractivity contribution in [2.75, 3.05) is 15.6 Å². The molecule has 44 heavy (non-hydrogen) atoms. The van der Waals surface area contributed by atoms with Crippen molar-refractivity contribution in [1.82, 2.24) is 9.55 Å². The lowest BCUT2D eigenvalue weighted by Crippen LogP contribution is -2.31.